The van der Waals surface area contributed by atoms with E-state index in [1.807, 2.05) is 18.2 Å². The summed E-state index contributed by atoms with van der Waals surface area (Å²) in [6.45, 7) is 5.44. The van der Waals surface area contributed by atoms with Crippen LogP contribution in [0.15, 0.2) is 29.3 Å². The van der Waals surface area contributed by atoms with Gasteiger partial charge in [0.25, 0.3) is 0 Å². The zero-order valence-electron chi connectivity index (χ0n) is 18.8. The lowest BCUT2D eigenvalue weighted by Gasteiger charge is -2.61. The highest BCUT2D eigenvalue weighted by molar-refractivity contribution is 5.83. The predicted octanol–water partition coefficient (Wildman–Crippen LogP) is 5.98. The van der Waals surface area contributed by atoms with Crippen molar-refractivity contribution < 1.29 is 10.2 Å². The molecular formula is C27H39NO2. The molecule has 164 valence electrons. The standard InChI is InChI=1S/C27H39NO2/c1-25-14-6-5-8-20(25)10-11-21-22(25)12-15-26(2)23(21)13-16-27(26,30)18-28-17-19-7-3-4-9-24(19)29/h3-4,7,9,17,20-23,29-30H,5-6,8,10-16,18H2,1-2H3/t20-,21+,22+,23-,25+,26+,27+/m1/s1. The Morgan fingerprint density at radius 3 is 2.60 bits per heavy atom. The van der Waals surface area contributed by atoms with Crippen molar-refractivity contribution in [2.45, 2.75) is 83.7 Å². The first-order chi connectivity index (χ1) is 14.4. The molecule has 0 unspecified atom stereocenters. The van der Waals surface area contributed by atoms with Gasteiger partial charge in [0, 0.05) is 17.2 Å². The van der Waals surface area contributed by atoms with Crippen molar-refractivity contribution in [3.05, 3.63) is 29.8 Å². The molecule has 2 N–H and O–H groups in total. The first-order valence-electron chi connectivity index (χ1n) is 12.4. The van der Waals surface area contributed by atoms with Gasteiger partial charge in [-0.15, -0.1) is 0 Å². The fourth-order valence-corrected chi connectivity index (χ4v) is 8.56. The molecule has 0 aromatic heterocycles. The summed E-state index contributed by atoms with van der Waals surface area (Å²) in [4.78, 5) is 4.64. The summed E-state index contributed by atoms with van der Waals surface area (Å²) in [5.74, 6) is 3.49. The normalized spacial score (nSPS) is 45.7. The van der Waals surface area contributed by atoms with Crippen LogP contribution in [0.25, 0.3) is 0 Å². The molecule has 0 aliphatic heterocycles. The number of phenolic OH excluding ortho intramolecular Hbond substituents is 1. The molecule has 0 heterocycles. The van der Waals surface area contributed by atoms with Gasteiger partial charge >= 0.3 is 0 Å². The number of phenols is 1. The second-order valence-corrected chi connectivity index (χ2v) is 11.5. The SMILES string of the molecule is C[C@]12CCCC[C@@H]1CC[C@@H]1[C@H]3CC[C@](O)(CN=Cc4ccccc4O)[C@@]3(C)CC[C@@H]12. The molecule has 30 heavy (non-hydrogen) atoms. The largest absolute Gasteiger partial charge is 0.507 e. The van der Waals surface area contributed by atoms with Gasteiger partial charge in [0.05, 0.1) is 12.1 Å². The molecule has 4 aliphatic rings. The van der Waals surface area contributed by atoms with Crippen LogP contribution >= 0.6 is 0 Å². The average molecular weight is 410 g/mol. The minimum atomic E-state index is -0.714. The number of aliphatic hydroxyl groups is 1. The van der Waals surface area contributed by atoms with Crippen LogP contribution in [0.1, 0.15) is 83.6 Å². The molecule has 0 spiro atoms. The highest BCUT2D eigenvalue weighted by Gasteiger charge is 2.64. The molecule has 3 heteroatoms. The Balaban J connectivity index is 1.35. The molecule has 0 amide bonds. The highest BCUT2D eigenvalue weighted by atomic mass is 16.3. The molecule has 1 aromatic carbocycles. The van der Waals surface area contributed by atoms with Crippen molar-refractivity contribution in [2.24, 2.45) is 39.5 Å². The monoisotopic (exact) mass is 409 g/mol. The molecular weight excluding hydrogens is 370 g/mol. The van der Waals surface area contributed by atoms with E-state index >= 15 is 0 Å². The lowest BCUT2D eigenvalue weighted by molar-refractivity contribution is -0.147. The minimum Gasteiger partial charge on any atom is -0.507 e. The summed E-state index contributed by atoms with van der Waals surface area (Å²) < 4.78 is 0. The maximum Gasteiger partial charge on any atom is 0.124 e. The third-order valence-electron chi connectivity index (χ3n) is 10.4. The van der Waals surface area contributed by atoms with Crippen molar-refractivity contribution in [2.75, 3.05) is 6.54 Å². The lowest BCUT2D eigenvalue weighted by Crippen LogP contribution is -2.56. The van der Waals surface area contributed by atoms with E-state index in [1.54, 1.807) is 12.3 Å². The van der Waals surface area contributed by atoms with Gasteiger partial charge in [0.15, 0.2) is 0 Å². The summed E-state index contributed by atoms with van der Waals surface area (Å²) in [5, 5.41) is 21.8. The first kappa shape index (κ1) is 20.5. The third-order valence-corrected chi connectivity index (χ3v) is 10.4. The highest BCUT2D eigenvalue weighted by Crippen LogP contribution is 2.68. The van der Waals surface area contributed by atoms with Gasteiger partial charge in [-0.05, 0) is 92.6 Å². The van der Waals surface area contributed by atoms with Crippen molar-refractivity contribution in [3.8, 4) is 5.75 Å². The van der Waals surface area contributed by atoms with Crippen molar-refractivity contribution >= 4 is 6.21 Å². The number of benzene rings is 1. The number of aliphatic imine (C=N–C) groups is 1. The van der Waals surface area contributed by atoms with Gasteiger partial charge in [-0.25, -0.2) is 0 Å². The molecule has 0 bridgehead atoms. The van der Waals surface area contributed by atoms with E-state index in [9.17, 15) is 10.2 Å². The van der Waals surface area contributed by atoms with Crippen LogP contribution in [0, 0.1) is 34.5 Å². The Hall–Kier alpha value is -1.35. The number of para-hydroxylation sites is 1. The molecule has 7 atom stereocenters. The molecule has 4 saturated carbocycles. The number of aromatic hydroxyl groups is 1. The quantitative estimate of drug-likeness (QED) is 0.604. The minimum absolute atomic E-state index is 0.0257. The zero-order chi connectivity index (χ0) is 21.0. The van der Waals surface area contributed by atoms with Crippen molar-refractivity contribution in [1.82, 2.24) is 0 Å². The van der Waals surface area contributed by atoms with E-state index in [1.165, 1.54) is 44.9 Å². The van der Waals surface area contributed by atoms with Crippen molar-refractivity contribution in [1.29, 1.82) is 0 Å². The molecule has 0 radical (unpaired) electrons. The topological polar surface area (TPSA) is 52.8 Å². The van der Waals surface area contributed by atoms with Crippen molar-refractivity contribution in [3.63, 3.8) is 0 Å². The Morgan fingerprint density at radius 2 is 1.77 bits per heavy atom. The van der Waals surface area contributed by atoms with Gasteiger partial charge in [-0.3, -0.25) is 4.99 Å². The number of fused-ring (bicyclic) bond motifs is 5. The number of hydrogen-bond acceptors (Lipinski definition) is 3. The number of hydrogen-bond donors (Lipinski definition) is 2. The zero-order valence-corrected chi connectivity index (χ0v) is 18.8. The van der Waals surface area contributed by atoms with Crippen LogP contribution in [-0.2, 0) is 0 Å². The van der Waals surface area contributed by atoms with E-state index in [0.29, 0.717) is 17.9 Å². The van der Waals surface area contributed by atoms with Crippen LogP contribution in [0.4, 0.5) is 0 Å². The second kappa shape index (κ2) is 7.36. The maximum atomic E-state index is 11.8. The Morgan fingerprint density at radius 1 is 0.967 bits per heavy atom. The third kappa shape index (κ3) is 2.98. The Labute approximate surface area is 182 Å². The van der Waals surface area contributed by atoms with E-state index in [0.717, 1.165) is 42.6 Å². The first-order valence-corrected chi connectivity index (χ1v) is 12.4. The summed E-state index contributed by atoms with van der Waals surface area (Å²) in [7, 11) is 0. The average Bonchev–Trinajstić information content (AvgIpc) is 3.00. The molecule has 0 saturated heterocycles. The van der Waals surface area contributed by atoms with E-state index < -0.39 is 5.60 Å². The summed E-state index contributed by atoms with van der Waals surface area (Å²) in [6.07, 6.45) is 14.7. The molecule has 5 rings (SSSR count). The van der Waals surface area contributed by atoms with Crippen LogP contribution in [0.2, 0.25) is 0 Å². The molecule has 3 nitrogen and oxygen atoms in total. The fraction of sp³-hybridized carbons (Fsp3) is 0.741. The summed E-state index contributed by atoms with van der Waals surface area (Å²) in [6, 6.07) is 7.29. The predicted molar refractivity (Wildman–Crippen MR) is 122 cm³/mol. The Kier molecular flexibility index (Phi) is 5.04. The second-order valence-electron chi connectivity index (χ2n) is 11.5. The van der Waals surface area contributed by atoms with Crippen LogP contribution in [0.3, 0.4) is 0 Å². The van der Waals surface area contributed by atoms with Gasteiger partial charge in [0.2, 0.25) is 0 Å². The van der Waals surface area contributed by atoms with E-state index in [2.05, 4.69) is 18.8 Å². The number of rotatable bonds is 3. The summed E-state index contributed by atoms with van der Waals surface area (Å²) >= 11 is 0. The molecule has 4 fully saturated rings. The fourth-order valence-electron chi connectivity index (χ4n) is 8.56. The van der Waals surface area contributed by atoms with Gasteiger partial charge in [0.1, 0.15) is 5.75 Å². The maximum absolute atomic E-state index is 11.8. The van der Waals surface area contributed by atoms with Gasteiger partial charge < -0.3 is 10.2 Å². The molecule has 1 aromatic rings. The summed E-state index contributed by atoms with van der Waals surface area (Å²) in [5.41, 5.74) is 0.537. The van der Waals surface area contributed by atoms with Gasteiger partial charge in [-0.2, -0.15) is 0 Å². The smallest absolute Gasteiger partial charge is 0.124 e. The van der Waals surface area contributed by atoms with Gasteiger partial charge in [-0.1, -0.05) is 38.8 Å². The van der Waals surface area contributed by atoms with Crippen LogP contribution in [0.5, 0.6) is 5.75 Å². The van der Waals surface area contributed by atoms with E-state index in [-0.39, 0.29) is 11.2 Å². The van der Waals surface area contributed by atoms with E-state index in [4.69, 9.17) is 0 Å². The molecule has 4 aliphatic carbocycles. The Bertz CT molecular complexity index is 821. The lowest BCUT2D eigenvalue weighted by atomic mass is 9.44. The van der Waals surface area contributed by atoms with Crippen LogP contribution in [-0.4, -0.2) is 28.6 Å². The van der Waals surface area contributed by atoms with Crippen LogP contribution < -0.4 is 0 Å². The number of nitrogens with zero attached hydrogens (tertiary/aromatic N) is 1.